The third-order valence-electron chi connectivity index (χ3n) is 0.184. The molecule has 0 aromatic carbocycles. The molecule has 0 radical (unpaired) electrons. The van der Waals surface area contributed by atoms with Gasteiger partial charge in [0, 0.05) is 0 Å². The Balaban J connectivity index is 0. The van der Waals surface area contributed by atoms with Crippen LogP contribution in [0.2, 0.25) is 0 Å². The van der Waals surface area contributed by atoms with Crippen molar-refractivity contribution in [1.29, 1.82) is 0 Å². The second-order valence-corrected chi connectivity index (χ2v) is 2.47. The second-order valence-electron chi connectivity index (χ2n) is 1.19. The zero-order valence-corrected chi connectivity index (χ0v) is 6.28. The third kappa shape index (κ3) is 136. The van der Waals surface area contributed by atoms with Gasteiger partial charge in [0.1, 0.15) is 0 Å². The molecule has 0 heterocycles. The zero-order chi connectivity index (χ0) is 10.4. The van der Waals surface area contributed by atoms with Crippen molar-refractivity contribution in [2.75, 3.05) is 0 Å². The molecule has 0 aliphatic heterocycles. The molecule has 12 heavy (non-hydrogen) atoms. The van der Waals surface area contributed by atoms with Gasteiger partial charge in [-0.3, -0.25) is 0 Å². The molecule has 0 atom stereocenters. The Morgan fingerprint density at radius 3 is 1.58 bits per heavy atom. The Hall–Kier alpha value is -0.910. The summed E-state index contributed by atoms with van der Waals surface area (Å²) in [5, 5.41) is 7.62. The van der Waals surface area contributed by atoms with E-state index >= 15 is 0 Å². The van der Waals surface area contributed by atoms with Crippen LogP contribution in [0.15, 0.2) is 12.8 Å². The van der Waals surface area contributed by atoms with E-state index in [1.54, 1.807) is 0 Å². The molecule has 0 aromatic heterocycles. The van der Waals surface area contributed by atoms with Gasteiger partial charge in [0.15, 0.2) is 0 Å². The number of ether oxygens (including phenoxy) is 1. The van der Waals surface area contributed by atoms with Gasteiger partial charge in [-0.1, -0.05) is 6.58 Å². The fourth-order valence-corrected chi connectivity index (χ4v) is 0.0713. The van der Waals surface area contributed by atoms with Crippen molar-refractivity contribution in [1.82, 2.24) is 0 Å². The molecule has 0 unspecified atom stereocenters. The fraction of sp³-hybridized carbons (Fsp3) is 0. The first-order chi connectivity index (χ1) is 5.01. The average Bonchev–Trinajstić information content (AvgIpc) is 1.55. The molecule has 0 saturated carbocycles. The van der Waals surface area contributed by atoms with Crippen LogP contribution in [-0.2, 0) is 4.74 Å². The normalized spacial score (nSPS) is 12.9. The third-order valence-corrected chi connectivity index (χ3v) is 0.184. The molecule has 0 fully saturated rings. The van der Waals surface area contributed by atoms with Gasteiger partial charge in [-0.25, -0.2) is 4.79 Å². The fourth-order valence-electron chi connectivity index (χ4n) is 0.0713. The first-order valence-electron chi connectivity index (χ1n) is 2.12. The topological polar surface area (TPSA) is 46.5 Å². The standard InChI is InChI=1S/C3H4O3.F5P/c1-2-6-3(4)5;1-6(2,3,4)5/h2H,1H2,(H,4,5);. The number of hydrogen-bond donors (Lipinski definition) is 1. The van der Waals surface area contributed by atoms with Crippen LogP contribution < -0.4 is 0 Å². The van der Waals surface area contributed by atoms with Crippen molar-refractivity contribution < 1.29 is 35.6 Å². The number of carbonyl (C=O) groups is 1. The molecule has 74 valence electrons. The molecule has 0 bridgehead atoms. The van der Waals surface area contributed by atoms with E-state index in [1.807, 2.05) is 0 Å². The maximum absolute atomic E-state index is 9.84. The molecular formula is C3H4F5O3P. The average molecular weight is 214 g/mol. The minimum atomic E-state index is -8.55. The van der Waals surface area contributed by atoms with Gasteiger partial charge >= 0.3 is 35.3 Å². The Morgan fingerprint density at radius 1 is 1.33 bits per heavy atom. The quantitative estimate of drug-likeness (QED) is 0.312. The van der Waals surface area contributed by atoms with Crippen LogP contribution in [-0.4, -0.2) is 11.3 Å². The Morgan fingerprint density at radius 2 is 1.58 bits per heavy atom. The molecule has 3 nitrogen and oxygen atoms in total. The van der Waals surface area contributed by atoms with Gasteiger partial charge in [-0.2, -0.15) is 0 Å². The van der Waals surface area contributed by atoms with E-state index in [1.165, 1.54) is 0 Å². The monoisotopic (exact) mass is 214 g/mol. The van der Waals surface area contributed by atoms with Crippen molar-refractivity contribution in [3.8, 4) is 0 Å². The molecule has 0 aliphatic rings. The molecule has 0 amide bonds. The van der Waals surface area contributed by atoms with E-state index in [0.29, 0.717) is 0 Å². The van der Waals surface area contributed by atoms with E-state index in [4.69, 9.17) is 5.11 Å². The van der Waals surface area contributed by atoms with Crippen LogP contribution in [0, 0.1) is 0 Å². The minimum absolute atomic E-state index is 0.850. The van der Waals surface area contributed by atoms with Crippen molar-refractivity contribution in [2.45, 2.75) is 0 Å². The van der Waals surface area contributed by atoms with Crippen molar-refractivity contribution >= 4 is 14.3 Å². The number of hydrogen-bond acceptors (Lipinski definition) is 2. The van der Waals surface area contributed by atoms with Crippen molar-refractivity contribution in [3.63, 3.8) is 0 Å². The molecule has 1 N–H and O–H groups in total. The molecule has 0 aromatic rings. The van der Waals surface area contributed by atoms with E-state index in [2.05, 4.69) is 11.3 Å². The summed E-state index contributed by atoms with van der Waals surface area (Å²) < 4.78 is 52.9. The van der Waals surface area contributed by atoms with Gasteiger partial charge in [0.2, 0.25) is 0 Å². The molecule has 0 saturated heterocycles. The summed E-state index contributed by atoms with van der Waals surface area (Å²) in [5.74, 6) is 0. The summed E-state index contributed by atoms with van der Waals surface area (Å²) in [5.41, 5.74) is 0. The first kappa shape index (κ1) is 13.7. The van der Waals surface area contributed by atoms with Crippen molar-refractivity contribution in [2.24, 2.45) is 0 Å². The van der Waals surface area contributed by atoms with E-state index in [9.17, 15) is 25.8 Å². The predicted octanol–water partition coefficient (Wildman–Crippen LogP) is 3.79. The van der Waals surface area contributed by atoms with Gasteiger partial charge in [0.25, 0.3) is 0 Å². The maximum atomic E-state index is 9.84. The number of carboxylic acid groups (broad SMARTS) is 1. The van der Waals surface area contributed by atoms with E-state index in [-0.39, 0.29) is 0 Å². The molecular weight excluding hydrogens is 210 g/mol. The Kier molecular flexibility index (Phi) is 4.78. The van der Waals surface area contributed by atoms with Gasteiger partial charge in [-0.05, 0) is 0 Å². The van der Waals surface area contributed by atoms with E-state index < -0.39 is 14.3 Å². The summed E-state index contributed by atoms with van der Waals surface area (Å²) >= 11 is 0. The van der Waals surface area contributed by atoms with E-state index in [0.717, 1.165) is 6.26 Å². The second kappa shape index (κ2) is 4.20. The van der Waals surface area contributed by atoms with Gasteiger partial charge < -0.3 is 9.84 Å². The van der Waals surface area contributed by atoms with Crippen LogP contribution in [0.1, 0.15) is 0 Å². The molecule has 0 aliphatic carbocycles. The Bertz CT molecular complexity index is 156. The first-order valence-corrected chi connectivity index (χ1v) is 3.81. The van der Waals surface area contributed by atoms with Crippen LogP contribution in [0.25, 0.3) is 0 Å². The van der Waals surface area contributed by atoms with Crippen LogP contribution >= 0.6 is 8.16 Å². The van der Waals surface area contributed by atoms with Gasteiger partial charge in [0.05, 0.1) is 6.26 Å². The summed E-state index contributed by atoms with van der Waals surface area (Å²) in [6.07, 6.45) is -0.479. The molecule has 0 rings (SSSR count). The summed E-state index contributed by atoms with van der Waals surface area (Å²) in [6.45, 7) is 3.00. The van der Waals surface area contributed by atoms with Gasteiger partial charge in [-0.15, -0.1) is 0 Å². The molecule has 0 spiro atoms. The summed E-state index contributed by atoms with van der Waals surface area (Å²) in [6, 6.07) is 0. The van der Waals surface area contributed by atoms with Crippen LogP contribution in [0.5, 0.6) is 0 Å². The summed E-state index contributed by atoms with van der Waals surface area (Å²) in [4.78, 5) is 9.31. The molecule has 9 heteroatoms. The predicted molar refractivity (Wildman–Crippen MR) is 31.8 cm³/mol. The number of rotatable bonds is 1. The SMILES string of the molecule is C=COC(=O)O.FP(F)(F)(F)F. The van der Waals surface area contributed by atoms with Crippen LogP contribution in [0.4, 0.5) is 25.8 Å². The van der Waals surface area contributed by atoms with Crippen LogP contribution in [0.3, 0.4) is 0 Å². The number of halogens is 5. The van der Waals surface area contributed by atoms with Crippen molar-refractivity contribution in [3.05, 3.63) is 12.8 Å². The summed E-state index contributed by atoms with van der Waals surface area (Å²) in [7, 11) is -8.55. The Labute approximate surface area is 64.0 Å². The zero-order valence-electron chi connectivity index (χ0n) is 5.39.